The summed E-state index contributed by atoms with van der Waals surface area (Å²) in [5, 5.41) is 0.947. The normalized spacial score (nSPS) is 11.5. The largest absolute Gasteiger partial charge is 0.389 e. The zero-order valence-corrected chi connectivity index (χ0v) is 11.4. The van der Waals surface area contributed by atoms with Gasteiger partial charge in [-0.05, 0) is 0 Å². The second-order valence-electron chi connectivity index (χ2n) is 4.68. The van der Waals surface area contributed by atoms with E-state index in [4.69, 9.17) is 18.0 Å². The van der Waals surface area contributed by atoms with E-state index < -0.39 is 0 Å². The van der Waals surface area contributed by atoms with E-state index in [1.165, 1.54) is 0 Å². The quantitative estimate of drug-likeness (QED) is 0.808. The zero-order valence-electron chi connectivity index (χ0n) is 9.79. The molecule has 0 aromatic carbocycles. The molecule has 15 heavy (non-hydrogen) atoms. The van der Waals surface area contributed by atoms with Crippen LogP contribution < -0.4 is 10.6 Å². The topological polar surface area (TPSA) is 42.2 Å². The second kappa shape index (κ2) is 4.06. The molecule has 1 aromatic rings. The minimum absolute atomic E-state index is 0.0243. The number of hydrogen-bond donors (Lipinski definition) is 1. The summed E-state index contributed by atoms with van der Waals surface area (Å²) in [5.74, 6) is 0. The van der Waals surface area contributed by atoms with Gasteiger partial charge in [-0.1, -0.05) is 44.3 Å². The summed E-state index contributed by atoms with van der Waals surface area (Å²) in [6.07, 6.45) is 0. The molecule has 3 nitrogen and oxygen atoms in total. The van der Waals surface area contributed by atoms with Crippen LogP contribution in [0, 0.1) is 0 Å². The molecule has 0 spiro atoms. The van der Waals surface area contributed by atoms with E-state index in [1.807, 2.05) is 19.0 Å². The Balaban J connectivity index is 3.30. The average Bonchev–Trinajstić information content (AvgIpc) is 2.45. The van der Waals surface area contributed by atoms with Gasteiger partial charge in [-0.25, -0.2) is 4.98 Å². The molecule has 0 saturated heterocycles. The molecular formula is C10H17N3S2. The molecule has 0 unspecified atom stereocenters. The number of hydrogen-bond acceptors (Lipinski definition) is 4. The summed E-state index contributed by atoms with van der Waals surface area (Å²) in [7, 11) is 3.93. The number of anilines is 1. The zero-order chi connectivity index (χ0) is 11.8. The summed E-state index contributed by atoms with van der Waals surface area (Å²) in [5.41, 5.74) is 6.67. The number of nitrogens with zero attached hydrogens (tertiary/aromatic N) is 2. The molecule has 84 valence electrons. The van der Waals surface area contributed by atoms with Gasteiger partial charge in [0.05, 0.1) is 10.6 Å². The summed E-state index contributed by atoms with van der Waals surface area (Å²) < 4.78 is 0. The molecule has 0 fully saturated rings. The van der Waals surface area contributed by atoms with Gasteiger partial charge in [0.25, 0.3) is 0 Å². The Morgan fingerprint density at radius 2 is 1.93 bits per heavy atom. The number of rotatable bonds is 2. The number of thiazole rings is 1. The third-order valence-electron chi connectivity index (χ3n) is 1.93. The predicted octanol–water partition coefficient (Wildman–Crippen LogP) is 2.14. The van der Waals surface area contributed by atoms with Gasteiger partial charge in [0.15, 0.2) is 5.13 Å². The standard InChI is InChI=1S/C10H17N3S2/c1-10(2,3)7-6(8(11)14)15-9(12-7)13(4)5/h1-5H3,(H2,11,14). The van der Waals surface area contributed by atoms with Crippen molar-refractivity contribution < 1.29 is 0 Å². The monoisotopic (exact) mass is 243 g/mol. The lowest BCUT2D eigenvalue weighted by Gasteiger charge is -2.17. The molecule has 1 aromatic heterocycles. The fraction of sp³-hybridized carbons (Fsp3) is 0.600. The minimum atomic E-state index is -0.0243. The molecule has 0 aliphatic rings. The van der Waals surface area contributed by atoms with Crippen molar-refractivity contribution in [3.63, 3.8) is 0 Å². The van der Waals surface area contributed by atoms with Crippen molar-refractivity contribution in [2.75, 3.05) is 19.0 Å². The molecule has 1 heterocycles. The lowest BCUT2D eigenvalue weighted by Crippen LogP contribution is -2.19. The Labute approximate surface area is 100 Å². The first-order chi connectivity index (χ1) is 6.73. The molecule has 0 atom stereocenters. The van der Waals surface area contributed by atoms with Crippen LogP contribution >= 0.6 is 23.6 Å². The molecule has 0 aliphatic carbocycles. The van der Waals surface area contributed by atoms with Crippen LogP contribution in [0.3, 0.4) is 0 Å². The maximum atomic E-state index is 5.71. The van der Waals surface area contributed by atoms with Crippen LogP contribution in [-0.2, 0) is 5.41 Å². The highest BCUT2D eigenvalue weighted by Gasteiger charge is 2.24. The molecular weight excluding hydrogens is 226 g/mol. The first-order valence-corrected chi connectivity index (χ1v) is 5.94. The van der Waals surface area contributed by atoms with E-state index in [1.54, 1.807) is 11.3 Å². The summed E-state index contributed by atoms with van der Waals surface area (Å²) in [4.78, 5) is 7.92. The van der Waals surface area contributed by atoms with Crippen molar-refractivity contribution in [3.05, 3.63) is 10.6 Å². The molecule has 0 saturated carbocycles. The van der Waals surface area contributed by atoms with Gasteiger partial charge in [-0.3, -0.25) is 0 Å². The number of thiocarbonyl (C=S) groups is 1. The Morgan fingerprint density at radius 3 is 2.20 bits per heavy atom. The summed E-state index contributed by atoms with van der Waals surface area (Å²) in [6.45, 7) is 6.34. The fourth-order valence-electron chi connectivity index (χ4n) is 1.18. The van der Waals surface area contributed by atoms with Crippen molar-refractivity contribution >= 4 is 33.7 Å². The van der Waals surface area contributed by atoms with Crippen LogP contribution in [0.2, 0.25) is 0 Å². The highest BCUT2D eigenvalue weighted by Crippen LogP contribution is 2.32. The van der Waals surface area contributed by atoms with Crippen LogP contribution in [0.25, 0.3) is 0 Å². The van der Waals surface area contributed by atoms with Gasteiger partial charge in [0, 0.05) is 19.5 Å². The van der Waals surface area contributed by atoms with Gasteiger partial charge in [0.1, 0.15) is 4.99 Å². The fourth-order valence-corrected chi connectivity index (χ4v) is 2.45. The van der Waals surface area contributed by atoms with E-state index in [0.29, 0.717) is 4.99 Å². The van der Waals surface area contributed by atoms with Gasteiger partial charge in [0.2, 0.25) is 0 Å². The molecule has 0 radical (unpaired) electrons. The lowest BCUT2D eigenvalue weighted by atomic mass is 9.91. The van der Waals surface area contributed by atoms with Crippen molar-refractivity contribution in [1.82, 2.24) is 4.98 Å². The lowest BCUT2D eigenvalue weighted by molar-refractivity contribution is 0.572. The average molecular weight is 243 g/mol. The van der Waals surface area contributed by atoms with Crippen molar-refractivity contribution in [2.24, 2.45) is 5.73 Å². The van der Waals surface area contributed by atoms with Crippen LogP contribution in [0.15, 0.2) is 0 Å². The summed E-state index contributed by atoms with van der Waals surface area (Å²) >= 11 is 6.60. The molecule has 0 amide bonds. The third-order valence-corrected chi connectivity index (χ3v) is 3.52. The molecule has 0 aliphatic heterocycles. The Hall–Kier alpha value is -0.680. The summed E-state index contributed by atoms with van der Waals surface area (Å²) in [6, 6.07) is 0. The Bertz CT molecular complexity index is 375. The third kappa shape index (κ3) is 2.66. The van der Waals surface area contributed by atoms with E-state index in [-0.39, 0.29) is 5.41 Å². The number of aromatic nitrogens is 1. The van der Waals surface area contributed by atoms with Crippen molar-refractivity contribution in [2.45, 2.75) is 26.2 Å². The maximum Gasteiger partial charge on any atom is 0.185 e. The predicted molar refractivity (Wildman–Crippen MR) is 71.0 cm³/mol. The van der Waals surface area contributed by atoms with Crippen molar-refractivity contribution in [1.29, 1.82) is 0 Å². The van der Waals surface area contributed by atoms with E-state index in [0.717, 1.165) is 15.7 Å². The molecule has 2 N–H and O–H groups in total. The Kier molecular flexibility index (Phi) is 3.35. The van der Waals surface area contributed by atoms with E-state index in [2.05, 4.69) is 25.8 Å². The van der Waals surface area contributed by atoms with Crippen LogP contribution in [0.5, 0.6) is 0 Å². The second-order valence-corrected chi connectivity index (χ2v) is 6.10. The first-order valence-electron chi connectivity index (χ1n) is 4.72. The Morgan fingerprint density at radius 1 is 1.40 bits per heavy atom. The van der Waals surface area contributed by atoms with E-state index >= 15 is 0 Å². The van der Waals surface area contributed by atoms with Gasteiger partial charge >= 0.3 is 0 Å². The van der Waals surface area contributed by atoms with Crippen LogP contribution in [0.1, 0.15) is 31.3 Å². The van der Waals surface area contributed by atoms with E-state index in [9.17, 15) is 0 Å². The highest BCUT2D eigenvalue weighted by atomic mass is 32.1. The van der Waals surface area contributed by atoms with Crippen LogP contribution in [-0.4, -0.2) is 24.1 Å². The first kappa shape index (κ1) is 12.4. The van der Waals surface area contributed by atoms with Gasteiger partial charge in [-0.2, -0.15) is 0 Å². The van der Waals surface area contributed by atoms with Gasteiger partial charge in [-0.15, -0.1) is 0 Å². The number of nitrogens with two attached hydrogens (primary N) is 1. The van der Waals surface area contributed by atoms with Crippen molar-refractivity contribution in [3.8, 4) is 0 Å². The smallest absolute Gasteiger partial charge is 0.185 e. The maximum absolute atomic E-state index is 5.71. The SMILES string of the molecule is CN(C)c1nc(C(C)(C)C)c(C(N)=S)s1. The molecule has 5 heteroatoms. The molecule has 1 rings (SSSR count). The highest BCUT2D eigenvalue weighted by molar-refractivity contribution is 7.81. The van der Waals surface area contributed by atoms with Gasteiger partial charge < -0.3 is 10.6 Å². The van der Waals surface area contributed by atoms with Crippen LogP contribution in [0.4, 0.5) is 5.13 Å². The molecule has 0 bridgehead atoms. The minimum Gasteiger partial charge on any atom is -0.389 e.